The number of unbranched alkanes of at least 4 members (excludes halogenated alkanes) is 1. The van der Waals surface area contributed by atoms with Crippen LogP contribution in [0.5, 0.6) is 0 Å². The zero-order valence-corrected chi connectivity index (χ0v) is 14.1. The standard InChI is InChI=1S/C16H28N2O2S/c1-14(2)17-11-7-8-12-21(19,20)18-15(3)13-16-9-5-4-6-10-16/h4-6,9-10,14-15,17-18H,7-8,11-13H2,1-3H3. The van der Waals surface area contributed by atoms with E-state index in [1.807, 2.05) is 37.3 Å². The molecule has 0 aliphatic heterocycles. The monoisotopic (exact) mass is 312 g/mol. The lowest BCUT2D eigenvalue weighted by atomic mass is 10.1. The Kier molecular flexibility index (Phi) is 7.93. The predicted octanol–water partition coefficient (Wildman–Crippen LogP) is 2.32. The van der Waals surface area contributed by atoms with Crippen molar-refractivity contribution in [3.05, 3.63) is 35.9 Å². The zero-order chi connectivity index (χ0) is 15.7. The minimum Gasteiger partial charge on any atom is -0.315 e. The zero-order valence-electron chi connectivity index (χ0n) is 13.3. The molecule has 1 atom stereocenters. The third-order valence-corrected chi connectivity index (χ3v) is 4.75. The van der Waals surface area contributed by atoms with E-state index in [2.05, 4.69) is 23.9 Å². The van der Waals surface area contributed by atoms with Crippen molar-refractivity contribution in [3.63, 3.8) is 0 Å². The molecule has 0 saturated heterocycles. The van der Waals surface area contributed by atoms with Crippen molar-refractivity contribution >= 4 is 10.0 Å². The highest BCUT2D eigenvalue weighted by Gasteiger charge is 2.14. The Bertz CT molecular complexity index is 486. The normalized spacial score (nSPS) is 13.5. The van der Waals surface area contributed by atoms with E-state index in [4.69, 9.17) is 0 Å². The average molecular weight is 312 g/mol. The Morgan fingerprint density at radius 1 is 1.05 bits per heavy atom. The summed E-state index contributed by atoms with van der Waals surface area (Å²) in [6.45, 7) is 6.95. The summed E-state index contributed by atoms with van der Waals surface area (Å²) in [6, 6.07) is 10.3. The highest BCUT2D eigenvalue weighted by Crippen LogP contribution is 2.04. The maximum atomic E-state index is 12.0. The molecule has 4 nitrogen and oxygen atoms in total. The quantitative estimate of drug-likeness (QED) is 0.652. The van der Waals surface area contributed by atoms with Crippen LogP contribution < -0.4 is 10.0 Å². The molecule has 0 aliphatic rings. The van der Waals surface area contributed by atoms with E-state index in [0.29, 0.717) is 12.5 Å². The molecule has 1 unspecified atom stereocenters. The fraction of sp³-hybridized carbons (Fsp3) is 0.625. The predicted molar refractivity (Wildman–Crippen MR) is 88.9 cm³/mol. The van der Waals surface area contributed by atoms with Crippen LogP contribution in [0.15, 0.2) is 30.3 Å². The lowest BCUT2D eigenvalue weighted by Gasteiger charge is -2.14. The second kappa shape index (κ2) is 9.18. The van der Waals surface area contributed by atoms with E-state index >= 15 is 0 Å². The van der Waals surface area contributed by atoms with Gasteiger partial charge in [0.15, 0.2) is 0 Å². The average Bonchev–Trinajstić information content (AvgIpc) is 2.38. The van der Waals surface area contributed by atoms with E-state index in [1.165, 1.54) is 0 Å². The molecule has 2 N–H and O–H groups in total. The van der Waals surface area contributed by atoms with Gasteiger partial charge < -0.3 is 5.32 Å². The van der Waals surface area contributed by atoms with Crippen molar-refractivity contribution in [2.75, 3.05) is 12.3 Å². The molecule has 0 heterocycles. The van der Waals surface area contributed by atoms with Crippen LogP contribution in [0, 0.1) is 0 Å². The van der Waals surface area contributed by atoms with E-state index < -0.39 is 10.0 Å². The van der Waals surface area contributed by atoms with Gasteiger partial charge in [-0.25, -0.2) is 13.1 Å². The molecule has 120 valence electrons. The molecule has 21 heavy (non-hydrogen) atoms. The van der Waals surface area contributed by atoms with Crippen LogP contribution >= 0.6 is 0 Å². The van der Waals surface area contributed by atoms with Gasteiger partial charge in [0.25, 0.3) is 0 Å². The molecule has 1 rings (SSSR count). The minimum atomic E-state index is -3.18. The van der Waals surface area contributed by atoms with Gasteiger partial charge in [-0.15, -0.1) is 0 Å². The summed E-state index contributed by atoms with van der Waals surface area (Å²) in [5.41, 5.74) is 1.15. The molecule has 1 aromatic carbocycles. The summed E-state index contributed by atoms with van der Waals surface area (Å²) in [6.07, 6.45) is 2.29. The molecule has 0 amide bonds. The second-order valence-corrected chi connectivity index (χ2v) is 7.72. The van der Waals surface area contributed by atoms with E-state index in [0.717, 1.165) is 24.9 Å². The molecule has 0 saturated carbocycles. The fourth-order valence-corrected chi connectivity index (χ4v) is 3.58. The van der Waals surface area contributed by atoms with E-state index in [-0.39, 0.29) is 11.8 Å². The third kappa shape index (κ3) is 8.86. The Balaban J connectivity index is 2.28. The van der Waals surface area contributed by atoms with Crippen molar-refractivity contribution < 1.29 is 8.42 Å². The van der Waals surface area contributed by atoms with Gasteiger partial charge in [-0.05, 0) is 38.3 Å². The van der Waals surface area contributed by atoms with Gasteiger partial charge in [0.1, 0.15) is 0 Å². The smallest absolute Gasteiger partial charge is 0.211 e. The molecule has 0 spiro atoms. The molecular weight excluding hydrogens is 284 g/mol. The highest BCUT2D eigenvalue weighted by molar-refractivity contribution is 7.89. The Morgan fingerprint density at radius 2 is 1.71 bits per heavy atom. The van der Waals surface area contributed by atoms with Crippen LogP contribution in [0.25, 0.3) is 0 Å². The van der Waals surface area contributed by atoms with Crippen molar-refractivity contribution in [3.8, 4) is 0 Å². The second-order valence-electron chi connectivity index (χ2n) is 5.84. The molecule has 5 heteroatoms. The van der Waals surface area contributed by atoms with Crippen LogP contribution in [0.2, 0.25) is 0 Å². The van der Waals surface area contributed by atoms with Crippen LogP contribution in [-0.2, 0) is 16.4 Å². The number of nitrogens with one attached hydrogen (secondary N) is 2. The first-order valence-electron chi connectivity index (χ1n) is 7.66. The number of hydrogen-bond donors (Lipinski definition) is 2. The van der Waals surface area contributed by atoms with Gasteiger partial charge >= 0.3 is 0 Å². The topological polar surface area (TPSA) is 58.2 Å². The number of benzene rings is 1. The lowest BCUT2D eigenvalue weighted by Crippen LogP contribution is -2.36. The maximum absolute atomic E-state index is 12.0. The molecule has 0 aliphatic carbocycles. The summed E-state index contributed by atoms with van der Waals surface area (Å²) in [5, 5.41) is 3.29. The molecule has 0 radical (unpaired) electrons. The fourth-order valence-electron chi connectivity index (χ4n) is 2.18. The van der Waals surface area contributed by atoms with Gasteiger partial charge in [-0.1, -0.05) is 44.2 Å². The number of sulfonamides is 1. The van der Waals surface area contributed by atoms with Crippen LogP contribution in [-0.4, -0.2) is 32.8 Å². The first-order chi connectivity index (χ1) is 9.89. The maximum Gasteiger partial charge on any atom is 0.211 e. The van der Waals surface area contributed by atoms with Crippen molar-refractivity contribution in [1.82, 2.24) is 10.0 Å². The van der Waals surface area contributed by atoms with Gasteiger partial charge in [-0.3, -0.25) is 0 Å². The molecular formula is C16H28N2O2S. The van der Waals surface area contributed by atoms with Crippen molar-refractivity contribution in [2.45, 2.75) is 52.1 Å². The van der Waals surface area contributed by atoms with Crippen LogP contribution in [0.1, 0.15) is 39.2 Å². The van der Waals surface area contributed by atoms with Crippen molar-refractivity contribution in [2.24, 2.45) is 0 Å². The first kappa shape index (κ1) is 18.1. The molecule has 0 bridgehead atoms. The van der Waals surface area contributed by atoms with E-state index in [9.17, 15) is 8.42 Å². The summed E-state index contributed by atoms with van der Waals surface area (Å²) >= 11 is 0. The summed E-state index contributed by atoms with van der Waals surface area (Å²) in [5.74, 6) is 0.200. The molecule has 1 aromatic rings. The van der Waals surface area contributed by atoms with Gasteiger partial charge in [0.05, 0.1) is 5.75 Å². The van der Waals surface area contributed by atoms with Gasteiger partial charge in [-0.2, -0.15) is 0 Å². The SMILES string of the molecule is CC(C)NCCCCS(=O)(=O)NC(C)Cc1ccccc1. The van der Waals surface area contributed by atoms with Gasteiger partial charge in [0.2, 0.25) is 10.0 Å². The summed E-state index contributed by atoms with van der Waals surface area (Å²) in [4.78, 5) is 0. The first-order valence-corrected chi connectivity index (χ1v) is 9.31. The van der Waals surface area contributed by atoms with Crippen LogP contribution in [0.3, 0.4) is 0 Å². The summed E-state index contributed by atoms with van der Waals surface area (Å²) < 4.78 is 26.7. The highest BCUT2D eigenvalue weighted by atomic mass is 32.2. The summed E-state index contributed by atoms with van der Waals surface area (Å²) in [7, 11) is -3.18. The van der Waals surface area contributed by atoms with Crippen LogP contribution in [0.4, 0.5) is 0 Å². The Labute approximate surface area is 129 Å². The largest absolute Gasteiger partial charge is 0.315 e. The van der Waals surface area contributed by atoms with Gasteiger partial charge in [0, 0.05) is 12.1 Å². The van der Waals surface area contributed by atoms with E-state index in [1.54, 1.807) is 0 Å². The van der Waals surface area contributed by atoms with Crippen molar-refractivity contribution in [1.29, 1.82) is 0 Å². The Hall–Kier alpha value is -0.910. The lowest BCUT2D eigenvalue weighted by molar-refractivity contribution is 0.545. The minimum absolute atomic E-state index is 0.0776. The number of hydrogen-bond acceptors (Lipinski definition) is 3. The third-order valence-electron chi connectivity index (χ3n) is 3.16. The molecule has 0 aromatic heterocycles. The Morgan fingerprint density at radius 3 is 2.33 bits per heavy atom. The number of rotatable bonds is 10. The molecule has 0 fully saturated rings.